The minimum atomic E-state index is -4.47. The summed E-state index contributed by atoms with van der Waals surface area (Å²) >= 11 is 0. The maximum Gasteiger partial charge on any atom is 0.416 e. The van der Waals surface area contributed by atoms with Crippen LogP contribution in [0.15, 0.2) is 24.3 Å². The van der Waals surface area contributed by atoms with Crippen LogP contribution in [0.5, 0.6) is 0 Å². The first-order valence-corrected chi connectivity index (χ1v) is 7.46. The molecule has 3 N–H and O–H groups in total. The van der Waals surface area contributed by atoms with E-state index in [0.717, 1.165) is 24.3 Å². The molecule has 0 heterocycles. The molecule has 5 nitrogen and oxygen atoms in total. The Balaban J connectivity index is 2.60. The van der Waals surface area contributed by atoms with Crippen molar-refractivity contribution >= 4 is 17.5 Å². The number of aliphatic hydroxyl groups is 1. The molecule has 1 rings (SSSR count). The van der Waals surface area contributed by atoms with E-state index < -0.39 is 29.2 Å². The summed E-state index contributed by atoms with van der Waals surface area (Å²) in [7, 11) is 0. The first kappa shape index (κ1) is 20.0. The fraction of sp³-hybridized carbons (Fsp3) is 0.500. The predicted molar refractivity (Wildman–Crippen MR) is 83.2 cm³/mol. The van der Waals surface area contributed by atoms with Crippen molar-refractivity contribution in [2.24, 2.45) is 5.92 Å². The van der Waals surface area contributed by atoms with Crippen LogP contribution in [-0.2, 0) is 15.8 Å². The summed E-state index contributed by atoms with van der Waals surface area (Å²) in [6, 6.07) is 3.73. The molecule has 0 aliphatic rings. The lowest BCUT2D eigenvalue weighted by atomic mass is 9.89. The molecule has 0 saturated heterocycles. The first-order valence-electron chi connectivity index (χ1n) is 7.46. The van der Waals surface area contributed by atoms with Crippen molar-refractivity contribution in [1.29, 1.82) is 0 Å². The number of anilines is 1. The van der Waals surface area contributed by atoms with Crippen LogP contribution in [-0.4, -0.2) is 29.1 Å². The van der Waals surface area contributed by atoms with Gasteiger partial charge in [-0.15, -0.1) is 0 Å². The molecular weight excluding hydrogens is 325 g/mol. The van der Waals surface area contributed by atoms with Gasteiger partial charge in [-0.1, -0.05) is 20.3 Å². The molecule has 0 aliphatic carbocycles. The number of benzene rings is 1. The number of nitrogens with one attached hydrogen (secondary N) is 2. The Morgan fingerprint density at radius 2 is 1.71 bits per heavy atom. The molecule has 0 bridgehead atoms. The second-order valence-corrected chi connectivity index (χ2v) is 5.88. The van der Waals surface area contributed by atoms with E-state index in [1.807, 2.05) is 13.8 Å². The van der Waals surface area contributed by atoms with Gasteiger partial charge < -0.3 is 15.7 Å². The Kier molecular flexibility index (Phi) is 6.36. The lowest BCUT2D eigenvalue weighted by Crippen LogP contribution is -2.47. The van der Waals surface area contributed by atoms with Crippen LogP contribution < -0.4 is 10.6 Å². The van der Waals surface area contributed by atoms with Gasteiger partial charge in [0.1, 0.15) is 0 Å². The fourth-order valence-corrected chi connectivity index (χ4v) is 1.88. The Hall–Kier alpha value is -2.09. The summed E-state index contributed by atoms with van der Waals surface area (Å²) in [6.07, 6.45) is -3.78. The van der Waals surface area contributed by atoms with Crippen molar-refractivity contribution in [2.75, 3.05) is 11.9 Å². The molecule has 2 atom stereocenters. The van der Waals surface area contributed by atoms with E-state index in [4.69, 9.17) is 0 Å². The number of carbonyl (C=O) groups excluding carboxylic acids is 2. The molecule has 1 aromatic carbocycles. The molecule has 0 unspecified atom stereocenters. The molecule has 1 aromatic rings. The van der Waals surface area contributed by atoms with E-state index in [1.165, 1.54) is 0 Å². The van der Waals surface area contributed by atoms with Gasteiger partial charge in [0.25, 0.3) is 0 Å². The van der Waals surface area contributed by atoms with E-state index in [9.17, 15) is 27.9 Å². The van der Waals surface area contributed by atoms with Gasteiger partial charge in [-0.3, -0.25) is 9.59 Å². The van der Waals surface area contributed by atoms with Crippen LogP contribution in [0.1, 0.15) is 32.8 Å². The second-order valence-electron chi connectivity index (χ2n) is 5.88. The molecule has 134 valence electrons. The minimum absolute atomic E-state index is 0.0665. The van der Waals surface area contributed by atoms with E-state index in [2.05, 4.69) is 10.6 Å². The van der Waals surface area contributed by atoms with Gasteiger partial charge in [-0.05, 0) is 37.1 Å². The van der Waals surface area contributed by atoms with E-state index in [0.29, 0.717) is 6.42 Å². The number of halogens is 3. The highest BCUT2D eigenvalue weighted by atomic mass is 19.4. The van der Waals surface area contributed by atoms with Gasteiger partial charge in [0.2, 0.25) is 0 Å². The monoisotopic (exact) mass is 346 g/mol. The SMILES string of the molecule is CC[C@H](C)[C@](C)(O)CNC(=O)C(=O)Nc1ccc(C(F)(F)F)cc1. The first-order chi connectivity index (χ1) is 11.0. The Morgan fingerprint density at radius 1 is 1.17 bits per heavy atom. The molecule has 8 heteroatoms. The van der Waals surface area contributed by atoms with Crippen LogP contribution >= 0.6 is 0 Å². The average Bonchev–Trinajstić information content (AvgIpc) is 2.51. The number of hydrogen-bond donors (Lipinski definition) is 3. The maximum absolute atomic E-state index is 12.4. The standard InChI is InChI=1S/C16H21F3N2O3/c1-4-10(2)15(3,24)9-20-13(22)14(23)21-12-7-5-11(6-8-12)16(17,18)19/h5-8,10,24H,4,9H2,1-3H3,(H,20,22)(H,21,23)/t10-,15+/m0/s1. The molecule has 0 radical (unpaired) electrons. The zero-order valence-corrected chi connectivity index (χ0v) is 13.7. The lowest BCUT2D eigenvalue weighted by Gasteiger charge is -2.29. The van der Waals surface area contributed by atoms with Gasteiger partial charge in [-0.2, -0.15) is 13.2 Å². The molecule has 0 fully saturated rings. The van der Waals surface area contributed by atoms with Crippen molar-refractivity contribution < 1.29 is 27.9 Å². The number of rotatable bonds is 5. The predicted octanol–water partition coefficient (Wildman–Crippen LogP) is 2.56. The zero-order valence-electron chi connectivity index (χ0n) is 13.7. The topological polar surface area (TPSA) is 78.4 Å². The Bertz CT molecular complexity index is 583. The molecule has 0 saturated carbocycles. The maximum atomic E-state index is 12.4. The number of alkyl halides is 3. The van der Waals surface area contributed by atoms with Crippen molar-refractivity contribution in [2.45, 2.75) is 39.0 Å². The van der Waals surface area contributed by atoms with Crippen LogP contribution in [0.25, 0.3) is 0 Å². The average molecular weight is 346 g/mol. The smallest absolute Gasteiger partial charge is 0.388 e. The van der Waals surface area contributed by atoms with Crippen molar-refractivity contribution in [3.63, 3.8) is 0 Å². The van der Waals surface area contributed by atoms with Gasteiger partial charge in [0.05, 0.1) is 11.2 Å². The van der Waals surface area contributed by atoms with Crippen molar-refractivity contribution in [1.82, 2.24) is 5.32 Å². The van der Waals surface area contributed by atoms with Crippen molar-refractivity contribution in [3.05, 3.63) is 29.8 Å². The molecule has 0 spiro atoms. The van der Waals surface area contributed by atoms with E-state index in [1.54, 1.807) is 6.92 Å². The highest BCUT2D eigenvalue weighted by Gasteiger charge is 2.30. The highest BCUT2D eigenvalue weighted by Crippen LogP contribution is 2.29. The summed E-state index contributed by atoms with van der Waals surface area (Å²) < 4.78 is 37.3. The van der Waals surface area contributed by atoms with Gasteiger partial charge in [-0.25, -0.2) is 0 Å². The quantitative estimate of drug-likeness (QED) is 0.717. The van der Waals surface area contributed by atoms with Crippen LogP contribution in [0.4, 0.5) is 18.9 Å². The van der Waals surface area contributed by atoms with Gasteiger partial charge >= 0.3 is 18.0 Å². The molecule has 0 aromatic heterocycles. The minimum Gasteiger partial charge on any atom is -0.388 e. The lowest BCUT2D eigenvalue weighted by molar-refractivity contribution is -0.137. The number of hydrogen-bond acceptors (Lipinski definition) is 3. The third-order valence-electron chi connectivity index (χ3n) is 3.96. The summed E-state index contributed by atoms with van der Waals surface area (Å²) in [5.74, 6) is -2.08. The van der Waals surface area contributed by atoms with Crippen LogP contribution in [0, 0.1) is 5.92 Å². The highest BCUT2D eigenvalue weighted by molar-refractivity contribution is 6.39. The summed E-state index contributed by atoms with van der Waals surface area (Å²) in [5, 5.41) is 14.7. The van der Waals surface area contributed by atoms with E-state index >= 15 is 0 Å². The van der Waals surface area contributed by atoms with Gasteiger partial charge in [0, 0.05) is 12.2 Å². The van der Waals surface area contributed by atoms with Crippen molar-refractivity contribution in [3.8, 4) is 0 Å². The molecular formula is C16H21F3N2O3. The number of amides is 2. The summed E-state index contributed by atoms with van der Waals surface area (Å²) in [6.45, 7) is 5.14. The molecule has 0 aliphatic heterocycles. The van der Waals surface area contributed by atoms with Crippen LogP contribution in [0.2, 0.25) is 0 Å². The Labute approximate surface area is 138 Å². The second kappa shape index (κ2) is 7.65. The van der Waals surface area contributed by atoms with Crippen LogP contribution in [0.3, 0.4) is 0 Å². The number of carbonyl (C=O) groups is 2. The van der Waals surface area contributed by atoms with E-state index in [-0.39, 0.29) is 18.2 Å². The third kappa shape index (κ3) is 5.52. The molecule has 24 heavy (non-hydrogen) atoms. The largest absolute Gasteiger partial charge is 0.416 e. The Morgan fingerprint density at radius 3 is 2.17 bits per heavy atom. The third-order valence-corrected chi connectivity index (χ3v) is 3.96. The molecule has 2 amide bonds. The normalized spacial score (nSPS) is 15.3. The van der Waals surface area contributed by atoms with Gasteiger partial charge in [0.15, 0.2) is 0 Å². The summed E-state index contributed by atoms with van der Waals surface area (Å²) in [5.41, 5.74) is -1.95. The fourth-order valence-electron chi connectivity index (χ4n) is 1.88. The summed E-state index contributed by atoms with van der Waals surface area (Å²) in [4.78, 5) is 23.4. The zero-order chi connectivity index (χ0) is 18.5.